The molecule has 0 saturated carbocycles. The molecule has 134 valence electrons. The highest BCUT2D eigenvalue weighted by atomic mass is 32.1. The van der Waals surface area contributed by atoms with Crippen LogP contribution >= 0.6 is 11.3 Å². The summed E-state index contributed by atoms with van der Waals surface area (Å²) in [6.45, 7) is 0.739. The van der Waals surface area contributed by atoms with Gasteiger partial charge in [0, 0.05) is 24.2 Å². The Kier molecular flexibility index (Phi) is 5.11. The Morgan fingerprint density at radius 3 is 2.92 bits per heavy atom. The zero-order chi connectivity index (χ0) is 17.8. The third-order valence-electron chi connectivity index (χ3n) is 4.78. The minimum Gasteiger partial charge on any atom is -0.351 e. The molecular weight excluding hydrogens is 346 g/mol. The molecule has 1 aromatic carbocycles. The Balaban J connectivity index is 1.45. The summed E-state index contributed by atoms with van der Waals surface area (Å²) in [7, 11) is 0. The number of carbonyl (C=O) groups is 1. The minimum atomic E-state index is -0.0802. The van der Waals surface area contributed by atoms with E-state index in [2.05, 4.69) is 22.3 Å². The normalized spacial score (nSPS) is 17.4. The van der Waals surface area contributed by atoms with Gasteiger partial charge in [-0.1, -0.05) is 35.5 Å². The molecule has 0 aliphatic carbocycles. The number of hydrogen-bond donors (Lipinski definition) is 0. The molecule has 26 heavy (non-hydrogen) atoms. The van der Waals surface area contributed by atoms with E-state index in [-0.39, 0.29) is 11.9 Å². The van der Waals surface area contributed by atoms with Gasteiger partial charge in [-0.05, 0) is 37.7 Å². The molecule has 1 fully saturated rings. The second-order valence-electron chi connectivity index (χ2n) is 6.55. The van der Waals surface area contributed by atoms with E-state index < -0.39 is 0 Å². The number of hydrogen-bond acceptors (Lipinski definition) is 5. The predicted octanol–water partition coefficient (Wildman–Crippen LogP) is 4.28. The quantitative estimate of drug-likeness (QED) is 0.675. The molecule has 1 unspecified atom stereocenters. The third-order valence-corrected chi connectivity index (χ3v) is 5.66. The molecule has 0 N–H and O–H groups in total. The summed E-state index contributed by atoms with van der Waals surface area (Å²) in [5.74, 6) is 0.250. The van der Waals surface area contributed by atoms with Crippen LogP contribution in [-0.2, 0) is 12.8 Å². The lowest BCUT2D eigenvalue weighted by atomic mass is 10.0. The van der Waals surface area contributed by atoms with Crippen molar-refractivity contribution >= 4 is 17.2 Å². The number of aryl methyl sites for hydroxylation is 2. The van der Waals surface area contributed by atoms with Crippen LogP contribution in [0.3, 0.4) is 0 Å². The molecule has 6 heteroatoms. The average Bonchev–Trinajstić information content (AvgIpc) is 3.39. The first-order chi connectivity index (χ1) is 12.8. The number of carbonyl (C=O) groups excluding carboxylic acids is 1. The van der Waals surface area contributed by atoms with Crippen molar-refractivity contribution in [2.75, 3.05) is 6.54 Å². The Hall–Kier alpha value is -2.47. The highest BCUT2D eigenvalue weighted by Gasteiger charge is 2.32. The molecule has 1 atom stereocenters. The van der Waals surface area contributed by atoms with Gasteiger partial charge in [-0.15, -0.1) is 11.3 Å². The summed E-state index contributed by atoms with van der Waals surface area (Å²) < 4.78 is 5.38. The monoisotopic (exact) mass is 367 g/mol. The van der Waals surface area contributed by atoms with Gasteiger partial charge in [-0.25, -0.2) is 4.98 Å². The summed E-state index contributed by atoms with van der Waals surface area (Å²) in [5, 5.41) is 7.06. The largest absolute Gasteiger partial charge is 0.351 e. The van der Waals surface area contributed by atoms with Crippen molar-refractivity contribution in [2.24, 2.45) is 0 Å². The van der Waals surface area contributed by atoms with E-state index in [4.69, 9.17) is 4.52 Å². The minimum absolute atomic E-state index is 0.0501. The first-order valence-electron chi connectivity index (χ1n) is 9.01. The lowest BCUT2D eigenvalue weighted by Gasteiger charge is -2.33. The van der Waals surface area contributed by atoms with Gasteiger partial charge >= 0.3 is 0 Å². The zero-order valence-corrected chi connectivity index (χ0v) is 15.3. The lowest BCUT2D eigenvalue weighted by molar-refractivity contribution is 0.0569. The first-order valence-corrected chi connectivity index (χ1v) is 9.89. The Morgan fingerprint density at radius 1 is 1.23 bits per heavy atom. The van der Waals surface area contributed by atoms with Gasteiger partial charge in [0.15, 0.2) is 0 Å². The number of piperidine rings is 1. The molecule has 1 aliphatic rings. The first kappa shape index (κ1) is 17.0. The maximum Gasteiger partial charge on any atom is 0.293 e. The van der Waals surface area contributed by atoms with Crippen molar-refractivity contribution in [3.05, 3.63) is 70.0 Å². The van der Waals surface area contributed by atoms with Crippen molar-refractivity contribution in [3.63, 3.8) is 0 Å². The van der Waals surface area contributed by atoms with E-state index in [9.17, 15) is 4.79 Å². The molecule has 0 radical (unpaired) electrons. The molecule has 0 spiro atoms. The van der Waals surface area contributed by atoms with Gasteiger partial charge in [-0.3, -0.25) is 4.79 Å². The van der Waals surface area contributed by atoms with E-state index in [0.717, 1.165) is 49.4 Å². The molecule has 4 rings (SSSR count). The molecule has 5 nitrogen and oxygen atoms in total. The molecule has 1 amide bonds. The van der Waals surface area contributed by atoms with Crippen molar-refractivity contribution in [3.8, 4) is 0 Å². The van der Waals surface area contributed by atoms with E-state index in [0.29, 0.717) is 5.76 Å². The van der Waals surface area contributed by atoms with Gasteiger partial charge in [0.2, 0.25) is 5.76 Å². The fraction of sp³-hybridized carbons (Fsp3) is 0.350. The number of rotatable bonds is 5. The standard InChI is InChI=1S/C20H21N3O2S/c24-20(23-12-5-4-8-17(23)19-21-11-13-26-19)18-14-16(22-25-18)10-9-15-6-2-1-3-7-15/h1-3,6-7,11,13-14,17H,4-5,8-10,12H2. The average molecular weight is 367 g/mol. The second kappa shape index (κ2) is 7.83. The van der Waals surface area contributed by atoms with Gasteiger partial charge in [0.1, 0.15) is 5.01 Å². The molecule has 3 heterocycles. The number of thiazole rings is 1. The molecule has 0 bridgehead atoms. The molecule has 1 aliphatic heterocycles. The van der Waals surface area contributed by atoms with E-state index >= 15 is 0 Å². The second-order valence-corrected chi connectivity index (χ2v) is 7.47. The topological polar surface area (TPSA) is 59.2 Å². The van der Waals surface area contributed by atoms with Crippen LogP contribution in [0.1, 0.15) is 52.1 Å². The predicted molar refractivity (Wildman–Crippen MR) is 100 cm³/mol. The lowest BCUT2D eigenvalue weighted by Crippen LogP contribution is -2.38. The number of amides is 1. The van der Waals surface area contributed by atoms with Crippen LogP contribution in [0.15, 0.2) is 52.5 Å². The Labute approximate surface area is 156 Å². The van der Waals surface area contributed by atoms with E-state index in [1.54, 1.807) is 23.6 Å². The van der Waals surface area contributed by atoms with Crippen molar-refractivity contribution in [1.82, 2.24) is 15.0 Å². The third kappa shape index (κ3) is 3.70. The highest BCUT2D eigenvalue weighted by Crippen LogP contribution is 2.33. The summed E-state index contributed by atoms with van der Waals surface area (Å²) in [4.78, 5) is 19.3. The summed E-state index contributed by atoms with van der Waals surface area (Å²) >= 11 is 1.61. The summed E-state index contributed by atoms with van der Waals surface area (Å²) in [6.07, 6.45) is 6.53. The van der Waals surface area contributed by atoms with Crippen LogP contribution in [0, 0.1) is 0 Å². The SMILES string of the molecule is O=C(c1cc(CCc2ccccc2)no1)N1CCCCC1c1nccs1. The molecular formula is C20H21N3O2S. The van der Waals surface area contributed by atoms with Gasteiger partial charge in [0.25, 0.3) is 5.91 Å². The summed E-state index contributed by atoms with van der Waals surface area (Å²) in [5.41, 5.74) is 2.07. The van der Waals surface area contributed by atoms with Gasteiger partial charge < -0.3 is 9.42 Å². The zero-order valence-electron chi connectivity index (χ0n) is 14.5. The fourth-order valence-corrected chi connectivity index (χ4v) is 4.20. The van der Waals surface area contributed by atoms with Crippen LogP contribution in [0.5, 0.6) is 0 Å². The van der Waals surface area contributed by atoms with Gasteiger partial charge in [-0.2, -0.15) is 0 Å². The molecule has 1 saturated heterocycles. The van der Waals surface area contributed by atoms with Crippen molar-refractivity contribution < 1.29 is 9.32 Å². The fourth-order valence-electron chi connectivity index (χ4n) is 3.42. The van der Waals surface area contributed by atoms with E-state index in [1.165, 1.54) is 5.56 Å². The number of aromatic nitrogens is 2. The number of nitrogens with zero attached hydrogens (tertiary/aromatic N) is 3. The van der Waals surface area contributed by atoms with Crippen molar-refractivity contribution in [2.45, 2.75) is 38.1 Å². The Morgan fingerprint density at radius 2 is 2.12 bits per heavy atom. The smallest absolute Gasteiger partial charge is 0.293 e. The maximum atomic E-state index is 13.0. The maximum absolute atomic E-state index is 13.0. The number of benzene rings is 1. The van der Waals surface area contributed by atoms with Crippen LogP contribution < -0.4 is 0 Å². The number of likely N-dealkylation sites (tertiary alicyclic amines) is 1. The van der Waals surface area contributed by atoms with Gasteiger partial charge in [0.05, 0.1) is 11.7 Å². The van der Waals surface area contributed by atoms with E-state index in [1.807, 2.05) is 28.5 Å². The molecule has 2 aromatic heterocycles. The molecule has 3 aromatic rings. The summed E-state index contributed by atoms with van der Waals surface area (Å²) in [6, 6.07) is 12.1. The van der Waals surface area contributed by atoms with Crippen LogP contribution in [-0.4, -0.2) is 27.5 Å². The van der Waals surface area contributed by atoms with Crippen LogP contribution in [0.2, 0.25) is 0 Å². The van der Waals surface area contributed by atoms with Crippen LogP contribution in [0.25, 0.3) is 0 Å². The van der Waals surface area contributed by atoms with Crippen molar-refractivity contribution in [1.29, 1.82) is 0 Å². The highest BCUT2D eigenvalue weighted by molar-refractivity contribution is 7.09. The Bertz CT molecular complexity index is 845. The van der Waals surface area contributed by atoms with Crippen LogP contribution in [0.4, 0.5) is 0 Å².